The topological polar surface area (TPSA) is 38.7 Å². The van der Waals surface area contributed by atoms with Gasteiger partial charge in [0, 0.05) is 9.37 Å². The summed E-state index contributed by atoms with van der Waals surface area (Å²) in [6, 6.07) is 6.96. The molecule has 0 saturated heterocycles. The standard InChI is InChI=1S/C11H7BrF3NO2S/c12-6-1-3-7(4-2-6)19-9-5-8(17)16-10(18-9)11(13,14)15/h1-4,9H,5H2. The van der Waals surface area contributed by atoms with Crippen molar-refractivity contribution >= 4 is 39.5 Å². The number of aliphatic imine (C=N–C) groups is 1. The van der Waals surface area contributed by atoms with Gasteiger partial charge >= 0.3 is 12.1 Å². The van der Waals surface area contributed by atoms with Crippen molar-refractivity contribution in [2.24, 2.45) is 4.99 Å². The van der Waals surface area contributed by atoms with Crippen LogP contribution in [-0.4, -0.2) is 23.4 Å². The molecule has 8 heteroatoms. The van der Waals surface area contributed by atoms with E-state index in [0.29, 0.717) is 4.90 Å². The van der Waals surface area contributed by atoms with E-state index in [-0.39, 0.29) is 6.42 Å². The third-order valence-electron chi connectivity index (χ3n) is 2.13. The zero-order valence-electron chi connectivity index (χ0n) is 9.28. The molecule has 1 amide bonds. The maximum Gasteiger partial charge on any atom is 0.468 e. The smallest absolute Gasteiger partial charge is 0.459 e. The summed E-state index contributed by atoms with van der Waals surface area (Å²) in [7, 11) is 0. The summed E-state index contributed by atoms with van der Waals surface area (Å²) in [4.78, 5) is 14.8. The summed E-state index contributed by atoms with van der Waals surface area (Å²) in [5.74, 6) is -2.30. The number of halogens is 4. The van der Waals surface area contributed by atoms with E-state index in [9.17, 15) is 18.0 Å². The van der Waals surface area contributed by atoms with Crippen molar-refractivity contribution in [3.63, 3.8) is 0 Å². The van der Waals surface area contributed by atoms with Crippen molar-refractivity contribution in [3.05, 3.63) is 28.7 Å². The Kier molecular flexibility index (Phi) is 4.19. The maximum atomic E-state index is 12.5. The molecule has 0 N–H and O–H groups in total. The second-order valence-electron chi connectivity index (χ2n) is 3.63. The number of hydrogen-bond donors (Lipinski definition) is 0. The summed E-state index contributed by atoms with van der Waals surface area (Å²) in [6.07, 6.45) is -4.92. The molecule has 1 atom stereocenters. The summed E-state index contributed by atoms with van der Waals surface area (Å²) in [5, 5.41) is 0. The fraction of sp³-hybridized carbons (Fsp3) is 0.273. The molecular formula is C11H7BrF3NO2S. The summed E-state index contributed by atoms with van der Waals surface area (Å²) < 4.78 is 42.9. The van der Waals surface area contributed by atoms with Crippen LogP contribution < -0.4 is 0 Å². The van der Waals surface area contributed by atoms with Gasteiger partial charge in [0.2, 0.25) is 0 Å². The van der Waals surface area contributed by atoms with Gasteiger partial charge in [-0.3, -0.25) is 4.79 Å². The van der Waals surface area contributed by atoms with Gasteiger partial charge in [0.1, 0.15) is 0 Å². The highest BCUT2D eigenvalue weighted by molar-refractivity contribution is 9.10. The van der Waals surface area contributed by atoms with Crippen molar-refractivity contribution in [2.75, 3.05) is 0 Å². The molecule has 1 aromatic carbocycles. The van der Waals surface area contributed by atoms with E-state index >= 15 is 0 Å². The number of hydrogen-bond acceptors (Lipinski definition) is 3. The molecule has 1 aliphatic heterocycles. The van der Waals surface area contributed by atoms with E-state index in [1.54, 1.807) is 24.3 Å². The highest BCUT2D eigenvalue weighted by atomic mass is 79.9. The van der Waals surface area contributed by atoms with Crippen molar-refractivity contribution in [3.8, 4) is 0 Å². The summed E-state index contributed by atoms with van der Waals surface area (Å²) in [5.41, 5.74) is -0.914. The van der Waals surface area contributed by atoms with E-state index in [1.807, 2.05) is 0 Å². The van der Waals surface area contributed by atoms with E-state index in [4.69, 9.17) is 4.74 Å². The van der Waals surface area contributed by atoms with Gasteiger partial charge in [-0.2, -0.15) is 18.2 Å². The first-order valence-corrected chi connectivity index (χ1v) is 6.79. The number of benzene rings is 1. The number of ether oxygens (including phenoxy) is 1. The number of carbonyl (C=O) groups excluding carboxylic acids is 1. The molecule has 3 nitrogen and oxygen atoms in total. The van der Waals surface area contributed by atoms with Crippen LogP contribution >= 0.6 is 27.7 Å². The molecule has 0 saturated carbocycles. The first kappa shape index (κ1) is 14.4. The SMILES string of the molecule is O=C1CC(Sc2ccc(Br)cc2)OC(C(F)(F)F)=N1. The minimum atomic E-state index is -4.74. The predicted octanol–water partition coefficient (Wildman–Crippen LogP) is 3.78. The van der Waals surface area contributed by atoms with Gasteiger partial charge in [-0.1, -0.05) is 27.7 Å². The molecule has 1 unspecified atom stereocenters. The van der Waals surface area contributed by atoms with E-state index in [0.717, 1.165) is 16.2 Å². The fourth-order valence-electron chi connectivity index (χ4n) is 1.35. The molecule has 0 radical (unpaired) electrons. The van der Waals surface area contributed by atoms with Gasteiger partial charge in [0.25, 0.3) is 5.91 Å². The lowest BCUT2D eigenvalue weighted by atomic mass is 10.4. The predicted molar refractivity (Wildman–Crippen MR) is 68.0 cm³/mol. The average Bonchev–Trinajstić information content (AvgIpc) is 2.30. The Morgan fingerprint density at radius 2 is 1.95 bits per heavy atom. The molecule has 1 aromatic rings. The van der Waals surface area contributed by atoms with Crippen LogP contribution in [0.3, 0.4) is 0 Å². The third kappa shape index (κ3) is 3.97. The van der Waals surface area contributed by atoms with E-state index in [2.05, 4.69) is 20.9 Å². The number of rotatable bonds is 2. The molecule has 0 spiro atoms. The summed E-state index contributed by atoms with van der Waals surface area (Å²) in [6.45, 7) is 0. The maximum absolute atomic E-state index is 12.5. The van der Waals surface area contributed by atoms with E-state index in [1.165, 1.54) is 0 Å². The zero-order valence-corrected chi connectivity index (χ0v) is 11.7. The third-order valence-corrected chi connectivity index (χ3v) is 3.73. The van der Waals surface area contributed by atoms with Crippen molar-refractivity contribution in [1.82, 2.24) is 0 Å². The van der Waals surface area contributed by atoms with E-state index < -0.39 is 23.4 Å². The molecule has 1 aliphatic rings. The van der Waals surface area contributed by atoms with Crippen LogP contribution in [0.15, 0.2) is 38.6 Å². The average molecular weight is 354 g/mol. The van der Waals surface area contributed by atoms with Crippen LogP contribution in [0.1, 0.15) is 6.42 Å². The van der Waals surface area contributed by atoms with Gasteiger partial charge in [0.05, 0.1) is 6.42 Å². The Morgan fingerprint density at radius 1 is 1.32 bits per heavy atom. The Labute approximate surface area is 119 Å². The number of alkyl halides is 3. The second-order valence-corrected chi connectivity index (χ2v) is 5.78. The van der Waals surface area contributed by atoms with Crippen LogP contribution in [-0.2, 0) is 9.53 Å². The molecule has 0 aliphatic carbocycles. The second kappa shape index (κ2) is 5.54. The largest absolute Gasteiger partial charge is 0.468 e. The van der Waals surface area contributed by atoms with Gasteiger partial charge in [-0.15, -0.1) is 0 Å². The van der Waals surface area contributed by atoms with Crippen LogP contribution in [0.25, 0.3) is 0 Å². The van der Waals surface area contributed by atoms with Crippen molar-refractivity contribution in [1.29, 1.82) is 0 Å². The molecule has 0 fully saturated rings. The van der Waals surface area contributed by atoms with Crippen LogP contribution in [0.2, 0.25) is 0 Å². The Morgan fingerprint density at radius 3 is 2.53 bits per heavy atom. The minimum Gasteiger partial charge on any atom is -0.459 e. The first-order valence-electron chi connectivity index (χ1n) is 5.12. The lowest BCUT2D eigenvalue weighted by Gasteiger charge is -2.23. The van der Waals surface area contributed by atoms with Gasteiger partial charge in [-0.25, -0.2) is 0 Å². The molecular weight excluding hydrogens is 347 g/mol. The lowest BCUT2D eigenvalue weighted by molar-refractivity contribution is -0.123. The highest BCUT2D eigenvalue weighted by Gasteiger charge is 2.43. The molecule has 102 valence electrons. The normalized spacial score (nSPS) is 19.9. The number of amides is 1. The quantitative estimate of drug-likeness (QED) is 0.812. The fourth-order valence-corrected chi connectivity index (χ4v) is 2.58. The van der Waals surface area contributed by atoms with Gasteiger partial charge < -0.3 is 4.74 Å². The first-order chi connectivity index (χ1) is 8.84. The minimum absolute atomic E-state index is 0.180. The molecule has 2 rings (SSSR count). The Hall–Kier alpha value is -1.02. The zero-order chi connectivity index (χ0) is 14.0. The molecule has 19 heavy (non-hydrogen) atoms. The number of nitrogens with zero attached hydrogens (tertiary/aromatic N) is 1. The van der Waals surface area contributed by atoms with Crippen LogP contribution in [0, 0.1) is 0 Å². The lowest BCUT2D eigenvalue weighted by Crippen LogP contribution is -2.34. The van der Waals surface area contributed by atoms with Gasteiger partial charge in [0.15, 0.2) is 5.44 Å². The molecule has 1 heterocycles. The molecule has 0 aromatic heterocycles. The van der Waals surface area contributed by atoms with Gasteiger partial charge in [-0.05, 0) is 24.3 Å². The Bertz CT molecular complexity index is 516. The number of thioether (sulfide) groups is 1. The van der Waals surface area contributed by atoms with Crippen molar-refractivity contribution < 1.29 is 22.7 Å². The van der Waals surface area contributed by atoms with Crippen molar-refractivity contribution in [2.45, 2.75) is 22.9 Å². The monoisotopic (exact) mass is 353 g/mol. The Balaban J connectivity index is 2.09. The molecule has 0 bridgehead atoms. The summed E-state index contributed by atoms with van der Waals surface area (Å²) >= 11 is 4.31. The number of carbonyl (C=O) groups is 1. The van der Waals surface area contributed by atoms with Crippen LogP contribution in [0.5, 0.6) is 0 Å². The highest BCUT2D eigenvalue weighted by Crippen LogP contribution is 2.32. The van der Waals surface area contributed by atoms with Crippen LogP contribution in [0.4, 0.5) is 13.2 Å².